The summed E-state index contributed by atoms with van der Waals surface area (Å²) in [6, 6.07) is 39.2. The van der Waals surface area contributed by atoms with Gasteiger partial charge in [-0.2, -0.15) is 0 Å². The van der Waals surface area contributed by atoms with Gasteiger partial charge in [0.05, 0.1) is 11.3 Å². The highest BCUT2D eigenvalue weighted by Gasteiger charge is 2.52. The van der Waals surface area contributed by atoms with E-state index in [1.165, 1.54) is 84.0 Å². The zero-order valence-electron chi connectivity index (χ0n) is 35.6. The fourth-order valence-corrected chi connectivity index (χ4v) is 9.68. The summed E-state index contributed by atoms with van der Waals surface area (Å²) in [5.41, 5.74) is 19.9. The van der Waals surface area contributed by atoms with Crippen molar-refractivity contribution < 1.29 is 4.42 Å². The van der Waals surface area contributed by atoms with E-state index in [9.17, 15) is 0 Å². The van der Waals surface area contributed by atoms with Crippen molar-refractivity contribution in [3.63, 3.8) is 0 Å². The van der Waals surface area contributed by atoms with Crippen molar-refractivity contribution in [2.75, 3.05) is 9.80 Å². The molecule has 3 heterocycles. The van der Waals surface area contributed by atoms with Gasteiger partial charge in [-0.3, -0.25) is 0 Å². The molecule has 56 heavy (non-hydrogen) atoms. The predicted octanol–water partition coefficient (Wildman–Crippen LogP) is 12.6. The van der Waals surface area contributed by atoms with Crippen LogP contribution in [0.3, 0.4) is 0 Å². The number of benzene rings is 5. The molecule has 0 bridgehead atoms. The van der Waals surface area contributed by atoms with Crippen LogP contribution in [0.5, 0.6) is 0 Å². The van der Waals surface area contributed by atoms with E-state index in [1.807, 2.05) is 0 Å². The average Bonchev–Trinajstić information content (AvgIpc) is 3.56. The van der Waals surface area contributed by atoms with Gasteiger partial charge in [-0.05, 0) is 124 Å². The first-order valence-corrected chi connectivity index (χ1v) is 20.7. The minimum absolute atomic E-state index is 0.0183. The summed E-state index contributed by atoms with van der Waals surface area (Å²) in [7, 11) is 0. The van der Waals surface area contributed by atoms with Gasteiger partial charge in [-0.1, -0.05) is 136 Å². The van der Waals surface area contributed by atoms with Crippen LogP contribution in [-0.4, -0.2) is 6.71 Å². The van der Waals surface area contributed by atoms with E-state index in [0.29, 0.717) is 0 Å². The number of hydrogen-bond acceptors (Lipinski definition) is 3. The van der Waals surface area contributed by atoms with E-state index in [0.717, 1.165) is 24.3 Å². The molecule has 0 amide bonds. The lowest BCUT2D eigenvalue weighted by molar-refractivity contribution is 0.282. The van der Waals surface area contributed by atoms with Crippen LogP contribution in [0.1, 0.15) is 116 Å². The summed E-state index contributed by atoms with van der Waals surface area (Å²) in [4.78, 5) is 5.15. The van der Waals surface area contributed by atoms with E-state index >= 15 is 0 Å². The maximum absolute atomic E-state index is 7.58. The second kappa shape index (κ2) is 12.3. The lowest BCUT2D eigenvalue weighted by Gasteiger charge is -2.45. The number of aryl methyl sites for hydroxylation is 2. The number of hydrogen-bond donors (Lipinski definition) is 0. The lowest BCUT2D eigenvalue weighted by Crippen LogP contribution is -2.61. The van der Waals surface area contributed by atoms with E-state index < -0.39 is 0 Å². The van der Waals surface area contributed by atoms with Crippen molar-refractivity contribution in [1.29, 1.82) is 0 Å². The quantitative estimate of drug-likeness (QED) is 0.168. The van der Waals surface area contributed by atoms with Crippen molar-refractivity contribution in [1.82, 2.24) is 0 Å². The molecule has 3 aliphatic rings. The van der Waals surface area contributed by atoms with Crippen molar-refractivity contribution >= 4 is 57.4 Å². The van der Waals surface area contributed by atoms with Gasteiger partial charge in [0, 0.05) is 39.4 Å². The highest BCUT2D eigenvalue weighted by atomic mass is 16.3. The van der Waals surface area contributed by atoms with Crippen molar-refractivity contribution in [2.45, 2.75) is 118 Å². The Labute approximate surface area is 335 Å². The summed E-state index contributed by atoms with van der Waals surface area (Å²) < 4.78 is 7.58. The SMILES string of the molecule is Cc1cc2c3c(c1)N(c1cc(-c4ccccc4)ccc1C)c1c(oc4c1C(C)(C)CCC4(C)C)B3c1cc(C(C)(C)C)ccc1N2c1ccc(C(C)(C)C)cc1. The Balaban J connectivity index is 1.41. The van der Waals surface area contributed by atoms with Gasteiger partial charge in [0.15, 0.2) is 0 Å². The number of nitrogens with zero attached hydrogens (tertiary/aromatic N) is 2. The minimum Gasteiger partial charge on any atom is -0.472 e. The summed E-state index contributed by atoms with van der Waals surface area (Å²) in [6.07, 6.45) is 2.20. The van der Waals surface area contributed by atoms with Gasteiger partial charge in [0.1, 0.15) is 5.76 Å². The molecule has 6 aromatic rings. The van der Waals surface area contributed by atoms with Crippen molar-refractivity contribution in [3.8, 4) is 11.1 Å². The molecule has 0 spiro atoms. The van der Waals surface area contributed by atoms with Crippen molar-refractivity contribution in [3.05, 3.63) is 137 Å². The molecular weight excluding hydrogens is 679 g/mol. The highest BCUT2D eigenvalue weighted by Crippen LogP contribution is 2.55. The molecule has 1 aliphatic carbocycles. The van der Waals surface area contributed by atoms with Crippen LogP contribution in [-0.2, 0) is 21.7 Å². The van der Waals surface area contributed by atoms with E-state index in [1.54, 1.807) is 0 Å². The molecule has 284 valence electrons. The number of furan rings is 1. The molecular formula is C52H57BN2O. The van der Waals surface area contributed by atoms with Gasteiger partial charge in [-0.15, -0.1) is 0 Å². The summed E-state index contributed by atoms with van der Waals surface area (Å²) in [6.45, 7) is 28.0. The molecule has 2 aliphatic heterocycles. The van der Waals surface area contributed by atoms with E-state index in [4.69, 9.17) is 4.42 Å². The fraction of sp³-hybridized carbons (Fsp3) is 0.346. The third-order valence-corrected chi connectivity index (χ3v) is 13.1. The molecule has 9 rings (SSSR count). The molecule has 0 atom stereocenters. The number of rotatable bonds is 3. The third-order valence-electron chi connectivity index (χ3n) is 13.1. The van der Waals surface area contributed by atoms with Gasteiger partial charge in [-0.25, -0.2) is 0 Å². The zero-order valence-corrected chi connectivity index (χ0v) is 35.6. The largest absolute Gasteiger partial charge is 0.472 e. The minimum atomic E-state index is -0.0919. The van der Waals surface area contributed by atoms with Crippen LogP contribution < -0.4 is 26.4 Å². The summed E-state index contributed by atoms with van der Waals surface area (Å²) in [5, 5.41) is 0. The van der Waals surface area contributed by atoms with Crippen LogP contribution in [0, 0.1) is 13.8 Å². The molecule has 0 radical (unpaired) electrons. The van der Waals surface area contributed by atoms with E-state index in [-0.39, 0.29) is 28.4 Å². The standard InChI is InChI=1S/C52H57BN2O/c1-32-28-42-45-43(29-32)55(41-30-35(19-18-33(41)2)34-16-14-13-15-17-34)46-44-47(52(11,12)27-26-51(44,9)10)56-48(46)53(45)39-31-37(50(6,7)8)22-25-40(39)54(42)38-23-20-36(21-24-38)49(3,4)5/h13-25,28-31H,26-27H2,1-12H3. The van der Waals surface area contributed by atoms with E-state index in [2.05, 4.69) is 196 Å². The lowest BCUT2D eigenvalue weighted by atomic mass is 9.35. The molecule has 0 saturated heterocycles. The smallest absolute Gasteiger partial charge is 0.297 e. The maximum atomic E-state index is 7.58. The number of anilines is 6. The molecule has 0 unspecified atom stereocenters. The van der Waals surface area contributed by atoms with Crippen LogP contribution in [0.15, 0.2) is 108 Å². The average molecular weight is 737 g/mol. The Hall–Kier alpha value is -4.96. The second-order valence-corrected chi connectivity index (χ2v) is 20.3. The topological polar surface area (TPSA) is 19.6 Å². The van der Waals surface area contributed by atoms with Crippen LogP contribution >= 0.6 is 0 Å². The second-order valence-electron chi connectivity index (χ2n) is 20.3. The third kappa shape index (κ3) is 5.61. The molecule has 0 saturated carbocycles. The zero-order chi connectivity index (χ0) is 39.7. The first-order valence-electron chi connectivity index (χ1n) is 20.7. The molecule has 0 fully saturated rings. The fourth-order valence-electron chi connectivity index (χ4n) is 9.68. The summed E-state index contributed by atoms with van der Waals surface area (Å²) in [5.74, 6) is 1.15. The highest BCUT2D eigenvalue weighted by molar-refractivity contribution is 6.99. The first-order chi connectivity index (χ1) is 26.3. The van der Waals surface area contributed by atoms with Gasteiger partial charge < -0.3 is 14.2 Å². The molecule has 3 nitrogen and oxygen atoms in total. The predicted molar refractivity (Wildman–Crippen MR) is 240 cm³/mol. The van der Waals surface area contributed by atoms with Gasteiger partial charge >= 0.3 is 0 Å². The van der Waals surface area contributed by atoms with Gasteiger partial charge in [0.25, 0.3) is 6.71 Å². The maximum Gasteiger partial charge on any atom is 0.297 e. The van der Waals surface area contributed by atoms with Crippen LogP contribution in [0.25, 0.3) is 11.1 Å². The molecule has 4 heteroatoms. The molecule has 5 aromatic carbocycles. The Bertz CT molecular complexity index is 2520. The Morgan fingerprint density at radius 1 is 0.589 bits per heavy atom. The Morgan fingerprint density at radius 2 is 1.21 bits per heavy atom. The molecule has 0 N–H and O–H groups in total. The Kier molecular flexibility index (Phi) is 8.04. The first kappa shape index (κ1) is 36.7. The molecule has 1 aromatic heterocycles. The van der Waals surface area contributed by atoms with Crippen molar-refractivity contribution in [2.24, 2.45) is 0 Å². The van der Waals surface area contributed by atoms with Crippen LogP contribution in [0.2, 0.25) is 0 Å². The van der Waals surface area contributed by atoms with Crippen LogP contribution in [0.4, 0.5) is 34.1 Å². The van der Waals surface area contributed by atoms with Gasteiger partial charge in [0.2, 0.25) is 0 Å². The summed E-state index contributed by atoms with van der Waals surface area (Å²) >= 11 is 0. The normalized spacial score (nSPS) is 16.6. The monoisotopic (exact) mass is 736 g/mol. The Morgan fingerprint density at radius 3 is 1.88 bits per heavy atom. The number of fused-ring (bicyclic) bond motifs is 6.